The Hall–Kier alpha value is -1.90. The highest BCUT2D eigenvalue weighted by molar-refractivity contribution is 5.35. The van der Waals surface area contributed by atoms with E-state index in [0.29, 0.717) is 5.92 Å². The van der Waals surface area contributed by atoms with Crippen LogP contribution in [-0.4, -0.2) is 9.97 Å². The van der Waals surface area contributed by atoms with Crippen LogP contribution in [0.5, 0.6) is 0 Å². The Morgan fingerprint density at radius 2 is 1.88 bits per heavy atom. The number of nitrogens with zero attached hydrogens (tertiary/aromatic N) is 1. The van der Waals surface area contributed by atoms with Crippen molar-refractivity contribution in [2.45, 2.75) is 25.7 Å². The number of aryl methyl sites for hydroxylation is 1. The third kappa shape index (κ3) is 1.88. The van der Waals surface area contributed by atoms with Gasteiger partial charge in [0.15, 0.2) is 0 Å². The summed E-state index contributed by atoms with van der Waals surface area (Å²) in [6.07, 6.45) is 1.95. The summed E-state index contributed by atoms with van der Waals surface area (Å²) in [5.41, 5.74) is 3.49. The van der Waals surface area contributed by atoms with Crippen LogP contribution in [0.2, 0.25) is 0 Å². The van der Waals surface area contributed by atoms with Crippen LogP contribution < -0.4 is 5.56 Å². The van der Waals surface area contributed by atoms with Crippen molar-refractivity contribution in [1.82, 2.24) is 9.97 Å². The average molecular weight is 226 g/mol. The second-order valence-electron chi connectivity index (χ2n) is 4.65. The predicted molar refractivity (Wildman–Crippen MR) is 66.2 cm³/mol. The van der Waals surface area contributed by atoms with Crippen molar-refractivity contribution in [3.63, 3.8) is 0 Å². The van der Waals surface area contributed by atoms with E-state index >= 15 is 0 Å². The first-order valence-electron chi connectivity index (χ1n) is 5.87. The lowest BCUT2D eigenvalue weighted by Crippen LogP contribution is -2.14. The number of aromatic nitrogens is 2. The molecule has 17 heavy (non-hydrogen) atoms. The van der Waals surface area contributed by atoms with Crippen LogP contribution in [0, 0.1) is 6.92 Å². The normalized spacial score (nSPS) is 14.9. The molecule has 0 saturated heterocycles. The van der Waals surface area contributed by atoms with Crippen molar-refractivity contribution in [1.29, 1.82) is 0 Å². The monoisotopic (exact) mass is 226 g/mol. The molecular weight excluding hydrogens is 212 g/mol. The van der Waals surface area contributed by atoms with Gasteiger partial charge in [-0.25, -0.2) is 4.98 Å². The van der Waals surface area contributed by atoms with Crippen molar-refractivity contribution in [3.05, 3.63) is 63.3 Å². The number of benzene rings is 1. The van der Waals surface area contributed by atoms with Crippen LogP contribution in [0.25, 0.3) is 0 Å². The van der Waals surface area contributed by atoms with E-state index < -0.39 is 0 Å². The van der Waals surface area contributed by atoms with E-state index in [1.165, 1.54) is 17.2 Å². The van der Waals surface area contributed by atoms with Gasteiger partial charge in [-0.15, -0.1) is 0 Å². The lowest BCUT2D eigenvalue weighted by molar-refractivity contribution is 0.673. The Bertz CT molecular complexity index is 591. The number of rotatable bonds is 1. The molecule has 1 aliphatic carbocycles. The van der Waals surface area contributed by atoms with Gasteiger partial charge >= 0.3 is 0 Å². The Morgan fingerprint density at radius 1 is 1.24 bits per heavy atom. The molecule has 0 unspecified atom stereocenters. The highest BCUT2D eigenvalue weighted by atomic mass is 16.1. The predicted octanol–water partition coefficient (Wildman–Crippen LogP) is 1.96. The number of fused-ring (bicyclic) bond motifs is 1. The molecule has 3 rings (SSSR count). The van der Waals surface area contributed by atoms with Crippen LogP contribution in [0.15, 0.2) is 35.1 Å². The van der Waals surface area contributed by atoms with E-state index in [9.17, 15) is 4.79 Å². The highest BCUT2D eigenvalue weighted by Gasteiger charge is 2.24. The van der Waals surface area contributed by atoms with Crippen LogP contribution in [0.4, 0.5) is 0 Å². The molecule has 3 heteroatoms. The smallest absolute Gasteiger partial charge is 0.251 e. The van der Waals surface area contributed by atoms with Gasteiger partial charge in [-0.05, 0) is 30.9 Å². The molecular formula is C14H14N2O. The van der Waals surface area contributed by atoms with Gasteiger partial charge in [-0.3, -0.25) is 4.79 Å². The Labute approximate surface area is 99.5 Å². The van der Waals surface area contributed by atoms with Gasteiger partial charge in [0.2, 0.25) is 0 Å². The van der Waals surface area contributed by atoms with Crippen LogP contribution in [0.1, 0.15) is 28.6 Å². The first-order valence-corrected chi connectivity index (χ1v) is 5.87. The molecule has 0 fully saturated rings. The maximum Gasteiger partial charge on any atom is 0.251 e. The van der Waals surface area contributed by atoms with E-state index in [1.807, 2.05) is 6.92 Å². The Balaban J connectivity index is 1.96. The first-order chi connectivity index (χ1) is 8.22. The minimum Gasteiger partial charge on any atom is -0.310 e. The molecule has 0 aliphatic heterocycles. The van der Waals surface area contributed by atoms with E-state index in [1.54, 1.807) is 0 Å². The molecule has 0 spiro atoms. The summed E-state index contributed by atoms with van der Waals surface area (Å²) >= 11 is 0. The molecule has 1 aliphatic rings. The van der Waals surface area contributed by atoms with Crippen molar-refractivity contribution in [3.8, 4) is 0 Å². The third-order valence-electron chi connectivity index (χ3n) is 3.33. The second-order valence-corrected chi connectivity index (χ2v) is 4.65. The molecule has 0 bridgehead atoms. The van der Waals surface area contributed by atoms with Crippen LogP contribution in [0.3, 0.4) is 0 Å². The maximum absolute atomic E-state index is 11.4. The third-order valence-corrected chi connectivity index (χ3v) is 3.33. The van der Waals surface area contributed by atoms with Gasteiger partial charge in [0.05, 0.1) is 0 Å². The van der Waals surface area contributed by atoms with Gasteiger partial charge in [-0.1, -0.05) is 24.3 Å². The Kier molecular flexibility index (Phi) is 2.32. The van der Waals surface area contributed by atoms with Gasteiger partial charge < -0.3 is 4.98 Å². The lowest BCUT2D eigenvalue weighted by atomic mass is 10.1. The number of aromatic amines is 1. The summed E-state index contributed by atoms with van der Waals surface area (Å²) < 4.78 is 0. The molecule has 2 aromatic rings. The topological polar surface area (TPSA) is 45.8 Å². The van der Waals surface area contributed by atoms with Crippen molar-refractivity contribution in [2.75, 3.05) is 0 Å². The maximum atomic E-state index is 11.4. The zero-order valence-electron chi connectivity index (χ0n) is 9.73. The first kappa shape index (κ1) is 10.3. The summed E-state index contributed by atoms with van der Waals surface area (Å²) in [5, 5.41) is 0. The molecule has 0 saturated carbocycles. The molecule has 0 atom stereocenters. The summed E-state index contributed by atoms with van der Waals surface area (Å²) in [5.74, 6) is 1.14. The lowest BCUT2D eigenvalue weighted by Gasteiger charge is -2.08. The average Bonchev–Trinajstić information content (AvgIpc) is 2.71. The fourth-order valence-corrected chi connectivity index (χ4v) is 2.55. The molecule has 1 aromatic carbocycles. The molecule has 3 nitrogen and oxygen atoms in total. The van der Waals surface area contributed by atoms with Gasteiger partial charge in [-0.2, -0.15) is 0 Å². The number of hydrogen-bond donors (Lipinski definition) is 1. The largest absolute Gasteiger partial charge is 0.310 e. The van der Waals surface area contributed by atoms with E-state index in [0.717, 1.165) is 24.4 Å². The highest BCUT2D eigenvalue weighted by Crippen LogP contribution is 2.31. The quantitative estimate of drug-likeness (QED) is 0.808. The fourth-order valence-electron chi connectivity index (χ4n) is 2.55. The molecule has 0 radical (unpaired) electrons. The fraction of sp³-hybridized carbons (Fsp3) is 0.286. The van der Waals surface area contributed by atoms with Gasteiger partial charge in [0, 0.05) is 17.7 Å². The number of nitrogens with one attached hydrogen (secondary N) is 1. The molecule has 86 valence electrons. The minimum atomic E-state index is -0.0524. The molecule has 1 aromatic heterocycles. The number of hydrogen-bond acceptors (Lipinski definition) is 2. The summed E-state index contributed by atoms with van der Waals surface area (Å²) in [6.45, 7) is 1.86. The Morgan fingerprint density at radius 3 is 2.47 bits per heavy atom. The van der Waals surface area contributed by atoms with Crippen molar-refractivity contribution >= 4 is 0 Å². The van der Waals surface area contributed by atoms with Crippen LogP contribution in [-0.2, 0) is 12.8 Å². The molecule has 0 amide bonds. The minimum absolute atomic E-state index is 0.0524. The van der Waals surface area contributed by atoms with E-state index in [2.05, 4.69) is 34.2 Å². The summed E-state index contributed by atoms with van der Waals surface area (Å²) in [7, 11) is 0. The zero-order valence-corrected chi connectivity index (χ0v) is 9.73. The molecule has 1 heterocycles. The SMILES string of the molecule is Cc1cc(=O)[nH]c(C2Cc3ccccc3C2)n1. The standard InChI is InChI=1S/C14H14N2O/c1-9-6-13(17)16-14(15-9)12-7-10-4-2-3-5-11(10)8-12/h2-6,12H,7-8H2,1H3,(H,15,16,17). The summed E-state index contributed by atoms with van der Waals surface area (Å²) in [4.78, 5) is 18.7. The van der Waals surface area contributed by atoms with Crippen LogP contribution >= 0.6 is 0 Å². The van der Waals surface area contributed by atoms with Crippen molar-refractivity contribution < 1.29 is 0 Å². The number of H-pyrrole nitrogens is 1. The second kappa shape index (κ2) is 3.84. The van der Waals surface area contributed by atoms with Crippen molar-refractivity contribution in [2.24, 2.45) is 0 Å². The van der Waals surface area contributed by atoms with E-state index in [4.69, 9.17) is 0 Å². The van der Waals surface area contributed by atoms with Gasteiger partial charge in [0.1, 0.15) is 5.82 Å². The van der Waals surface area contributed by atoms with Gasteiger partial charge in [0.25, 0.3) is 5.56 Å². The summed E-state index contributed by atoms with van der Waals surface area (Å²) in [6, 6.07) is 9.97. The zero-order chi connectivity index (χ0) is 11.8. The molecule has 1 N–H and O–H groups in total. The van der Waals surface area contributed by atoms with E-state index in [-0.39, 0.29) is 5.56 Å².